The third kappa shape index (κ3) is 2.69. The molecule has 0 aliphatic heterocycles. The van der Waals surface area contributed by atoms with Crippen LogP contribution in [0.1, 0.15) is 18.1 Å². The fraction of sp³-hybridized carbons (Fsp3) is 0.250. The van der Waals surface area contributed by atoms with Crippen molar-refractivity contribution in [2.24, 2.45) is 10.9 Å². The van der Waals surface area contributed by atoms with E-state index in [0.717, 1.165) is 10.5 Å². The average molecular weight is 293 g/mol. The summed E-state index contributed by atoms with van der Waals surface area (Å²) in [6.45, 7) is 4.31. The molecule has 0 spiro atoms. The van der Waals surface area contributed by atoms with Gasteiger partial charge in [0.05, 0.1) is 0 Å². The first-order chi connectivity index (χ1) is 9.56. The maximum Gasteiger partial charge on any atom is 0.343 e. The number of nitrogens with one attached hydrogen (secondary N) is 1. The minimum Gasteiger partial charge on any atom is -0.409 e. The zero-order chi connectivity index (χ0) is 14.7. The van der Waals surface area contributed by atoms with E-state index in [1.165, 1.54) is 11.8 Å². The van der Waals surface area contributed by atoms with Gasteiger partial charge in [-0.15, -0.1) is 5.10 Å². The Labute approximate surface area is 119 Å². The molecule has 0 aliphatic carbocycles. The van der Waals surface area contributed by atoms with Crippen LogP contribution in [0.5, 0.6) is 0 Å². The van der Waals surface area contributed by atoms with Crippen LogP contribution in [0.4, 0.5) is 0 Å². The molecule has 0 saturated heterocycles. The molecule has 20 heavy (non-hydrogen) atoms. The summed E-state index contributed by atoms with van der Waals surface area (Å²) in [5, 5.41) is 18.7. The van der Waals surface area contributed by atoms with Crippen LogP contribution >= 0.6 is 11.8 Å². The second-order valence-electron chi connectivity index (χ2n) is 4.12. The van der Waals surface area contributed by atoms with Crippen molar-refractivity contribution in [2.75, 3.05) is 0 Å². The number of nitrogens with zero attached hydrogens (tertiary/aromatic N) is 3. The van der Waals surface area contributed by atoms with Crippen LogP contribution in [0.2, 0.25) is 0 Å². The second kappa shape index (κ2) is 5.83. The van der Waals surface area contributed by atoms with E-state index in [2.05, 4.69) is 15.4 Å². The summed E-state index contributed by atoms with van der Waals surface area (Å²) >= 11 is 1.38. The van der Waals surface area contributed by atoms with E-state index in [0.29, 0.717) is 17.3 Å². The summed E-state index contributed by atoms with van der Waals surface area (Å²) in [5.74, 6) is 0.0734. The second-order valence-corrected chi connectivity index (χ2v) is 5.16. The van der Waals surface area contributed by atoms with E-state index in [-0.39, 0.29) is 11.5 Å². The SMILES string of the molecule is CCn1c(Sc2ccc(/C(N)=N/O)c(C)c2)n[nH]c1=O. The normalized spacial score (nSPS) is 11.8. The van der Waals surface area contributed by atoms with E-state index in [1.807, 2.05) is 26.0 Å². The molecule has 2 aromatic rings. The molecule has 8 heteroatoms. The highest BCUT2D eigenvalue weighted by Crippen LogP contribution is 2.26. The number of H-pyrrole nitrogens is 1. The summed E-state index contributed by atoms with van der Waals surface area (Å²) in [6, 6.07) is 5.51. The Morgan fingerprint density at radius 2 is 2.35 bits per heavy atom. The van der Waals surface area contributed by atoms with Crippen molar-refractivity contribution in [3.63, 3.8) is 0 Å². The quantitative estimate of drug-likeness (QED) is 0.339. The van der Waals surface area contributed by atoms with Crippen molar-refractivity contribution in [3.05, 3.63) is 39.8 Å². The molecule has 0 amide bonds. The fourth-order valence-electron chi connectivity index (χ4n) is 1.81. The molecule has 7 nitrogen and oxygen atoms in total. The van der Waals surface area contributed by atoms with E-state index in [4.69, 9.17) is 10.9 Å². The number of amidine groups is 1. The molecular formula is C12H15N5O2S. The highest BCUT2D eigenvalue weighted by atomic mass is 32.2. The predicted octanol–water partition coefficient (Wildman–Crippen LogP) is 1.15. The molecule has 2 rings (SSSR count). The van der Waals surface area contributed by atoms with Crippen molar-refractivity contribution >= 4 is 17.6 Å². The van der Waals surface area contributed by atoms with Crippen LogP contribution < -0.4 is 11.4 Å². The van der Waals surface area contributed by atoms with Crippen LogP contribution in [-0.2, 0) is 6.54 Å². The van der Waals surface area contributed by atoms with Crippen LogP contribution in [0.25, 0.3) is 0 Å². The van der Waals surface area contributed by atoms with Crippen LogP contribution in [0, 0.1) is 6.92 Å². The van der Waals surface area contributed by atoms with Crippen molar-refractivity contribution in [2.45, 2.75) is 30.4 Å². The highest BCUT2D eigenvalue weighted by Gasteiger charge is 2.10. The van der Waals surface area contributed by atoms with Gasteiger partial charge < -0.3 is 10.9 Å². The monoisotopic (exact) mass is 293 g/mol. The Bertz CT molecular complexity index is 704. The van der Waals surface area contributed by atoms with Crippen molar-refractivity contribution < 1.29 is 5.21 Å². The topological polar surface area (TPSA) is 109 Å². The number of aromatic nitrogens is 3. The molecule has 1 aromatic heterocycles. The van der Waals surface area contributed by atoms with Gasteiger partial charge in [0.2, 0.25) is 0 Å². The van der Waals surface area contributed by atoms with Gasteiger partial charge in [-0.25, -0.2) is 9.89 Å². The van der Waals surface area contributed by atoms with Crippen LogP contribution in [-0.4, -0.2) is 25.8 Å². The minimum absolute atomic E-state index is 0.0734. The van der Waals surface area contributed by atoms with E-state index < -0.39 is 0 Å². The molecule has 0 atom stereocenters. The summed E-state index contributed by atoms with van der Waals surface area (Å²) in [5.41, 5.74) is 6.91. The van der Waals surface area contributed by atoms with Gasteiger partial charge in [-0.05, 0) is 49.4 Å². The number of benzene rings is 1. The molecule has 4 N–H and O–H groups in total. The first-order valence-corrected chi connectivity index (χ1v) is 6.80. The van der Waals surface area contributed by atoms with Gasteiger partial charge in [-0.1, -0.05) is 5.16 Å². The van der Waals surface area contributed by atoms with Crippen LogP contribution in [0.15, 0.2) is 38.2 Å². The Morgan fingerprint density at radius 3 is 2.95 bits per heavy atom. The molecule has 0 unspecified atom stereocenters. The molecule has 106 valence electrons. The number of oxime groups is 1. The number of rotatable bonds is 4. The van der Waals surface area contributed by atoms with Gasteiger partial charge in [0, 0.05) is 17.0 Å². The third-order valence-electron chi connectivity index (χ3n) is 2.83. The average Bonchev–Trinajstić information content (AvgIpc) is 2.78. The Kier molecular flexibility index (Phi) is 4.14. The maximum atomic E-state index is 11.5. The Balaban J connectivity index is 2.31. The first-order valence-electron chi connectivity index (χ1n) is 5.98. The standard InChI is InChI=1S/C12H15N5O2S/c1-3-17-11(18)14-15-12(17)20-8-4-5-9(7(2)6-8)10(13)16-19/h4-6,19H,3H2,1-2H3,(H2,13,16)(H,14,18). The van der Waals surface area contributed by atoms with E-state index in [9.17, 15) is 4.79 Å². The van der Waals surface area contributed by atoms with Crippen molar-refractivity contribution in [3.8, 4) is 0 Å². The smallest absolute Gasteiger partial charge is 0.343 e. The summed E-state index contributed by atoms with van der Waals surface area (Å²) in [4.78, 5) is 12.4. The van der Waals surface area contributed by atoms with Gasteiger partial charge in [0.1, 0.15) is 0 Å². The lowest BCUT2D eigenvalue weighted by Gasteiger charge is -2.07. The van der Waals surface area contributed by atoms with E-state index >= 15 is 0 Å². The lowest BCUT2D eigenvalue weighted by Crippen LogP contribution is -2.16. The fourth-order valence-corrected chi connectivity index (χ4v) is 2.80. The van der Waals surface area contributed by atoms with Gasteiger partial charge in [-0.3, -0.25) is 4.57 Å². The number of nitrogens with two attached hydrogens (primary N) is 1. The predicted molar refractivity (Wildman–Crippen MR) is 76.3 cm³/mol. The number of hydrogen-bond acceptors (Lipinski definition) is 5. The zero-order valence-electron chi connectivity index (χ0n) is 11.1. The third-order valence-corrected chi connectivity index (χ3v) is 3.81. The largest absolute Gasteiger partial charge is 0.409 e. The van der Waals surface area contributed by atoms with Crippen LogP contribution in [0.3, 0.4) is 0 Å². The Morgan fingerprint density at radius 1 is 1.60 bits per heavy atom. The maximum absolute atomic E-state index is 11.5. The minimum atomic E-state index is -0.222. The summed E-state index contributed by atoms with van der Waals surface area (Å²) in [6.07, 6.45) is 0. The lowest BCUT2D eigenvalue weighted by molar-refractivity contribution is 0.318. The summed E-state index contributed by atoms with van der Waals surface area (Å²) < 4.78 is 1.55. The number of hydrogen-bond donors (Lipinski definition) is 3. The van der Waals surface area contributed by atoms with Gasteiger partial charge in [0.25, 0.3) is 0 Å². The molecular weight excluding hydrogens is 278 g/mol. The lowest BCUT2D eigenvalue weighted by atomic mass is 10.1. The zero-order valence-corrected chi connectivity index (χ0v) is 11.9. The van der Waals surface area contributed by atoms with Crippen molar-refractivity contribution in [1.29, 1.82) is 0 Å². The molecule has 0 bridgehead atoms. The van der Waals surface area contributed by atoms with Gasteiger partial charge >= 0.3 is 5.69 Å². The molecule has 0 aliphatic rings. The molecule has 0 radical (unpaired) electrons. The molecule has 1 aromatic carbocycles. The number of aryl methyl sites for hydroxylation is 1. The number of aromatic amines is 1. The van der Waals surface area contributed by atoms with E-state index in [1.54, 1.807) is 10.6 Å². The van der Waals surface area contributed by atoms with Gasteiger partial charge in [-0.2, -0.15) is 0 Å². The van der Waals surface area contributed by atoms with Gasteiger partial charge in [0.15, 0.2) is 11.0 Å². The molecule has 1 heterocycles. The Hall–Kier alpha value is -2.22. The highest BCUT2D eigenvalue weighted by molar-refractivity contribution is 7.99. The first kappa shape index (κ1) is 14.2. The molecule has 0 saturated carbocycles. The van der Waals surface area contributed by atoms with Crippen molar-refractivity contribution in [1.82, 2.24) is 14.8 Å². The summed E-state index contributed by atoms with van der Waals surface area (Å²) in [7, 11) is 0. The molecule has 0 fully saturated rings.